The molecule has 166 valence electrons. The highest BCUT2D eigenvalue weighted by molar-refractivity contribution is 6.06. The summed E-state index contributed by atoms with van der Waals surface area (Å²) in [6.07, 6.45) is -0.841. The molecule has 1 aromatic heterocycles. The molecular formula is C21H17F3N4O4. The van der Waals surface area contributed by atoms with Gasteiger partial charge in [0, 0.05) is 36.2 Å². The number of benzene rings is 2. The minimum absolute atomic E-state index is 0. The number of alkyl halides is 3. The zero-order valence-electron chi connectivity index (χ0n) is 16.3. The lowest BCUT2D eigenvalue weighted by Gasteiger charge is -2.18. The number of nitrogens with one attached hydrogen (secondary N) is 1. The summed E-state index contributed by atoms with van der Waals surface area (Å²) < 4.78 is 45.7. The number of carbonyl (C=O) groups excluding carboxylic acids is 2. The first kappa shape index (κ1) is 21.1. The molecule has 0 bridgehead atoms. The van der Waals surface area contributed by atoms with Crippen LogP contribution in [0.2, 0.25) is 0 Å². The molecule has 2 heterocycles. The van der Waals surface area contributed by atoms with Crippen molar-refractivity contribution in [1.82, 2.24) is 9.97 Å². The number of ether oxygens (including phenoxy) is 2. The van der Waals surface area contributed by atoms with Gasteiger partial charge in [-0.25, -0.2) is 14.8 Å². The van der Waals surface area contributed by atoms with Crippen LogP contribution in [-0.4, -0.2) is 41.5 Å². The molecule has 1 aliphatic rings. The zero-order valence-corrected chi connectivity index (χ0v) is 16.3. The summed E-state index contributed by atoms with van der Waals surface area (Å²) in [4.78, 5) is 34.2. The van der Waals surface area contributed by atoms with Crippen molar-refractivity contribution in [2.24, 2.45) is 0 Å². The number of carbonyl (C=O) groups is 2. The summed E-state index contributed by atoms with van der Waals surface area (Å²) in [5.41, 5.74) is 2.21. The summed E-state index contributed by atoms with van der Waals surface area (Å²) in [5, 5.41) is 2.61. The molecule has 1 N–H and O–H groups in total. The first-order valence-corrected chi connectivity index (χ1v) is 9.31. The van der Waals surface area contributed by atoms with Gasteiger partial charge < -0.3 is 14.8 Å². The zero-order chi connectivity index (χ0) is 22.7. The minimum atomic E-state index is -4.80. The predicted molar refractivity (Wildman–Crippen MR) is 109 cm³/mol. The van der Waals surface area contributed by atoms with Crippen molar-refractivity contribution in [3.05, 3.63) is 66.7 Å². The monoisotopic (exact) mass is 446 g/mol. The SMILES string of the molecule is O=C(Nc1ccc(OC(F)(F)F)cc1)c1ccc(N2CCOC2=O)c(-c2cncnc2)c1.[HH]. The lowest BCUT2D eigenvalue weighted by molar-refractivity contribution is -0.274. The molecule has 8 nitrogen and oxygen atoms in total. The van der Waals surface area contributed by atoms with Gasteiger partial charge in [-0.15, -0.1) is 13.2 Å². The van der Waals surface area contributed by atoms with Crippen molar-refractivity contribution >= 4 is 23.4 Å². The lowest BCUT2D eigenvalue weighted by atomic mass is 10.0. The molecule has 1 fully saturated rings. The summed E-state index contributed by atoms with van der Waals surface area (Å²) in [6.45, 7) is 0.608. The van der Waals surface area contributed by atoms with Crippen molar-refractivity contribution < 1.29 is 33.7 Å². The maximum atomic E-state index is 12.7. The third-order valence-electron chi connectivity index (χ3n) is 4.53. The Morgan fingerprint density at radius 1 is 1.12 bits per heavy atom. The van der Waals surface area contributed by atoms with E-state index in [0.717, 1.165) is 12.1 Å². The second kappa shape index (κ2) is 8.53. The number of hydrogen-bond donors (Lipinski definition) is 1. The van der Waals surface area contributed by atoms with E-state index in [9.17, 15) is 22.8 Å². The van der Waals surface area contributed by atoms with Crippen LogP contribution in [0.1, 0.15) is 11.8 Å². The van der Waals surface area contributed by atoms with E-state index in [0.29, 0.717) is 23.4 Å². The molecule has 3 aromatic rings. The maximum Gasteiger partial charge on any atom is 0.573 e. The van der Waals surface area contributed by atoms with Gasteiger partial charge in [-0.05, 0) is 42.5 Å². The normalized spacial score (nSPS) is 13.6. The average Bonchev–Trinajstić information content (AvgIpc) is 3.20. The van der Waals surface area contributed by atoms with E-state index in [2.05, 4.69) is 20.0 Å². The lowest BCUT2D eigenvalue weighted by Crippen LogP contribution is -2.24. The summed E-state index contributed by atoms with van der Waals surface area (Å²) >= 11 is 0. The molecule has 32 heavy (non-hydrogen) atoms. The molecule has 4 rings (SSSR count). The Morgan fingerprint density at radius 2 is 1.84 bits per heavy atom. The van der Waals surface area contributed by atoms with Crippen molar-refractivity contribution in [2.45, 2.75) is 6.36 Å². The van der Waals surface area contributed by atoms with E-state index in [1.807, 2.05) is 0 Å². The molecule has 0 aliphatic carbocycles. The Hall–Kier alpha value is -4.15. The second-order valence-electron chi connectivity index (χ2n) is 6.65. The Balaban J connectivity index is 0.00000306. The van der Waals surface area contributed by atoms with Gasteiger partial charge in [0.05, 0.1) is 12.2 Å². The highest BCUT2D eigenvalue weighted by atomic mass is 19.4. The second-order valence-corrected chi connectivity index (χ2v) is 6.65. The van der Waals surface area contributed by atoms with Crippen LogP contribution in [0, 0.1) is 0 Å². The summed E-state index contributed by atoms with van der Waals surface area (Å²) in [7, 11) is 0. The van der Waals surface area contributed by atoms with Crippen molar-refractivity contribution in [3.63, 3.8) is 0 Å². The van der Waals surface area contributed by atoms with Gasteiger partial charge in [-0.1, -0.05) is 0 Å². The van der Waals surface area contributed by atoms with Gasteiger partial charge in [0.1, 0.15) is 18.7 Å². The number of amides is 2. The molecule has 0 spiro atoms. The standard InChI is InChI=1S/C21H15F3N4O4.H2/c22-21(23,24)32-16-4-2-15(3-5-16)27-19(29)13-1-6-18(28-7-8-31-20(28)30)17(9-13)14-10-25-12-26-11-14;/h1-6,9-12H,7-8H2,(H,27,29);1H. The first-order valence-electron chi connectivity index (χ1n) is 9.31. The van der Waals surface area contributed by atoms with Crippen LogP contribution in [0.5, 0.6) is 5.75 Å². The number of cyclic esters (lactones) is 1. The van der Waals surface area contributed by atoms with Crippen LogP contribution in [0.3, 0.4) is 0 Å². The minimum Gasteiger partial charge on any atom is -0.447 e. The predicted octanol–water partition coefficient (Wildman–Crippen LogP) is 4.50. The number of hydrogen-bond acceptors (Lipinski definition) is 6. The third-order valence-corrected chi connectivity index (χ3v) is 4.53. The quantitative estimate of drug-likeness (QED) is 0.621. The van der Waals surface area contributed by atoms with E-state index in [1.54, 1.807) is 24.5 Å². The van der Waals surface area contributed by atoms with Gasteiger partial charge in [0.15, 0.2) is 0 Å². The fraction of sp³-hybridized carbons (Fsp3) is 0.143. The highest BCUT2D eigenvalue weighted by Crippen LogP contribution is 2.33. The van der Waals surface area contributed by atoms with Crippen molar-refractivity contribution in [3.8, 4) is 16.9 Å². The fourth-order valence-corrected chi connectivity index (χ4v) is 3.14. The Morgan fingerprint density at radius 3 is 2.47 bits per heavy atom. The molecule has 1 saturated heterocycles. The number of aromatic nitrogens is 2. The van der Waals surface area contributed by atoms with Gasteiger partial charge in [-0.3, -0.25) is 9.69 Å². The van der Waals surface area contributed by atoms with E-state index in [1.165, 1.54) is 29.4 Å². The van der Waals surface area contributed by atoms with Crippen LogP contribution in [-0.2, 0) is 4.74 Å². The largest absolute Gasteiger partial charge is 0.573 e. The Labute approximate surface area is 181 Å². The molecular weight excluding hydrogens is 429 g/mol. The number of nitrogens with zero attached hydrogens (tertiary/aromatic N) is 3. The van der Waals surface area contributed by atoms with Gasteiger partial charge >= 0.3 is 12.5 Å². The van der Waals surface area contributed by atoms with E-state index in [-0.39, 0.29) is 19.3 Å². The van der Waals surface area contributed by atoms with Crippen molar-refractivity contribution in [1.29, 1.82) is 0 Å². The third kappa shape index (κ3) is 4.77. The van der Waals surface area contributed by atoms with Crippen LogP contribution in [0.4, 0.5) is 29.3 Å². The molecule has 0 radical (unpaired) electrons. The van der Waals surface area contributed by atoms with Crippen molar-refractivity contribution in [2.75, 3.05) is 23.4 Å². The topological polar surface area (TPSA) is 93.7 Å². The Kier molecular flexibility index (Phi) is 5.63. The van der Waals surface area contributed by atoms with Gasteiger partial charge in [0.2, 0.25) is 0 Å². The summed E-state index contributed by atoms with van der Waals surface area (Å²) in [5.74, 6) is -0.896. The maximum absolute atomic E-state index is 12.7. The van der Waals surface area contributed by atoms with Crippen LogP contribution < -0.4 is 15.0 Å². The van der Waals surface area contributed by atoms with Crippen LogP contribution >= 0.6 is 0 Å². The average molecular weight is 446 g/mol. The smallest absolute Gasteiger partial charge is 0.447 e. The first-order chi connectivity index (χ1) is 15.3. The fourth-order valence-electron chi connectivity index (χ4n) is 3.14. The molecule has 0 saturated carbocycles. The summed E-state index contributed by atoms with van der Waals surface area (Å²) in [6, 6.07) is 9.50. The van der Waals surface area contributed by atoms with Gasteiger partial charge in [-0.2, -0.15) is 0 Å². The Bertz CT molecular complexity index is 1140. The highest BCUT2D eigenvalue weighted by Gasteiger charge is 2.31. The molecule has 0 atom stereocenters. The molecule has 2 aromatic carbocycles. The molecule has 1 aliphatic heterocycles. The van der Waals surface area contributed by atoms with E-state index in [4.69, 9.17) is 4.74 Å². The van der Waals surface area contributed by atoms with E-state index >= 15 is 0 Å². The van der Waals surface area contributed by atoms with Gasteiger partial charge in [0.25, 0.3) is 5.91 Å². The number of anilines is 2. The van der Waals surface area contributed by atoms with Crippen LogP contribution in [0.25, 0.3) is 11.1 Å². The molecule has 11 heteroatoms. The molecule has 2 amide bonds. The molecule has 0 unspecified atom stereocenters. The van der Waals surface area contributed by atoms with Crippen LogP contribution in [0.15, 0.2) is 61.2 Å². The number of halogens is 3. The van der Waals surface area contributed by atoms with E-state index < -0.39 is 24.1 Å². The number of rotatable bonds is 5.